The molecule has 1 heterocycles. The van der Waals surface area contributed by atoms with Crippen molar-refractivity contribution in [3.63, 3.8) is 0 Å². The van der Waals surface area contributed by atoms with Crippen LogP contribution in [0.5, 0.6) is 0 Å². The van der Waals surface area contributed by atoms with Crippen LogP contribution in [0.15, 0.2) is 121 Å². The van der Waals surface area contributed by atoms with Crippen LogP contribution in [-0.4, -0.2) is 66.3 Å². The monoisotopic (exact) mass is 708 g/mol. The number of benzene rings is 4. The Hall–Kier alpha value is -3.51. The van der Waals surface area contributed by atoms with Crippen molar-refractivity contribution in [2.24, 2.45) is 0 Å². The molecule has 0 spiro atoms. The fourth-order valence-electron chi connectivity index (χ4n) is 7.68. The number of hydrogen-bond donors (Lipinski definition) is 0. The highest BCUT2D eigenvalue weighted by atomic mass is 28.4. The number of carbonyl (C=O) groups excluding carboxylic acids is 2. The lowest BCUT2D eigenvalue weighted by molar-refractivity contribution is -0.187. The van der Waals surface area contributed by atoms with Gasteiger partial charge in [-0.05, 0) is 30.8 Å². The van der Waals surface area contributed by atoms with E-state index in [1.165, 1.54) is 6.92 Å². The third-order valence-electron chi connectivity index (χ3n) is 10.1. The molecule has 6 nitrogen and oxygen atoms in total. The summed E-state index contributed by atoms with van der Waals surface area (Å²) in [4.78, 5) is 25.9. The van der Waals surface area contributed by atoms with E-state index in [4.69, 9.17) is 18.3 Å². The van der Waals surface area contributed by atoms with Crippen molar-refractivity contribution in [3.8, 4) is 0 Å². The SMILES string of the molecule is CO[C@@H]1C[C@H](O[Si](c2ccccc2)(c2ccccc2)C(C)(C)C)[C@@H](CO[Si](c2ccccc2)(c2ccccc2)C(C)(C)C)O[C@@H]1C(=O)C(C)=O. The number of rotatable bonds is 12. The fraction of sp³-hybridized carbons (Fsp3) is 0.381. The average Bonchev–Trinajstić information content (AvgIpc) is 3.11. The van der Waals surface area contributed by atoms with Crippen LogP contribution in [0.1, 0.15) is 54.9 Å². The van der Waals surface area contributed by atoms with Crippen LogP contribution < -0.4 is 20.7 Å². The molecule has 0 aromatic heterocycles. The second kappa shape index (κ2) is 15.4. The van der Waals surface area contributed by atoms with Gasteiger partial charge in [-0.3, -0.25) is 9.59 Å². The molecule has 0 amide bonds. The molecule has 4 atom stereocenters. The lowest BCUT2D eigenvalue weighted by atomic mass is 9.94. The maximum atomic E-state index is 13.4. The molecular formula is C42H52O6Si2. The maximum Gasteiger partial charge on any atom is 0.261 e. The van der Waals surface area contributed by atoms with Crippen molar-refractivity contribution in [1.29, 1.82) is 0 Å². The van der Waals surface area contributed by atoms with Gasteiger partial charge in [-0.1, -0.05) is 163 Å². The van der Waals surface area contributed by atoms with Gasteiger partial charge in [-0.2, -0.15) is 0 Å². The van der Waals surface area contributed by atoms with Gasteiger partial charge in [-0.25, -0.2) is 0 Å². The van der Waals surface area contributed by atoms with Crippen molar-refractivity contribution >= 4 is 48.9 Å². The second-order valence-electron chi connectivity index (χ2n) is 15.3. The van der Waals surface area contributed by atoms with Gasteiger partial charge in [0.25, 0.3) is 16.6 Å². The lowest BCUT2D eigenvalue weighted by Crippen LogP contribution is -2.71. The van der Waals surface area contributed by atoms with Crippen LogP contribution in [-0.2, 0) is 27.9 Å². The summed E-state index contributed by atoms with van der Waals surface area (Å²) >= 11 is 0. The van der Waals surface area contributed by atoms with Crippen molar-refractivity contribution in [1.82, 2.24) is 0 Å². The molecule has 50 heavy (non-hydrogen) atoms. The molecule has 4 aromatic carbocycles. The van der Waals surface area contributed by atoms with Crippen molar-refractivity contribution in [3.05, 3.63) is 121 Å². The molecular weight excluding hydrogens is 657 g/mol. The molecule has 8 heteroatoms. The summed E-state index contributed by atoms with van der Waals surface area (Å²) < 4.78 is 27.7. The van der Waals surface area contributed by atoms with Gasteiger partial charge in [0.2, 0.25) is 5.78 Å². The molecule has 0 bridgehead atoms. The quantitative estimate of drug-likeness (QED) is 0.136. The third-order valence-corrected chi connectivity index (χ3v) is 20.1. The number of Topliss-reactive ketones (excluding diaryl/α,β-unsaturated/α-hetero) is 2. The van der Waals surface area contributed by atoms with E-state index >= 15 is 0 Å². The highest BCUT2D eigenvalue weighted by molar-refractivity contribution is 7.00. The molecule has 5 rings (SSSR count). The van der Waals surface area contributed by atoms with Crippen LogP contribution in [0.4, 0.5) is 0 Å². The highest BCUT2D eigenvalue weighted by Crippen LogP contribution is 2.41. The molecule has 0 N–H and O–H groups in total. The van der Waals surface area contributed by atoms with Crippen LogP contribution in [0.3, 0.4) is 0 Å². The summed E-state index contributed by atoms with van der Waals surface area (Å²) in [6, 6.07) is 41.9. The van der Waals surface area contributed by atoms with Gasteiger partial charge in [0.15, 0.2) is 11.9 Å². The Morgan fingerprint density at radius 1 is 0.640 bits per heavy atom. The number of ether oxygens (including phenoxy) is 2. The minimum absolute atomic E-state index is 0.161. The van der Waals surface area contributed by atoms with Crippen LogP contribution in [0, 0.1) is 0 Å². The molecule has 0 unspecified atom stereocenters. The predicted octanol–water partition coefficient (Wildman–Crippen LogP) is 5.84. The normalized spacial score (nSPS) is 20.3. The molecule has 4 aromatic rings. The summed E-state index contributed by atoms with van der Waals surface area (Å²) in [5.74, 6) is -1.16. The molecule has 1 aliphatic heterocycles. The first-order chi connectivity index (χ1) is 23.8. The molecule has 1 saturated heterocycles. The van der Waals surface area contributed by atoms with E-state index < -0.39 is 52.6 Å². The van der Waals surface area contributed by atoms with Gasteiger partial charge < -0.3 is 18.3 Å². The first kappa shape index (κ1) is 37.7. The van der Waals surface area contributed by atoms with E-state index in [0.717, 1.165) is 20.7 Å². The lowest BCUT2D eigenvalue weighted by Gasteiger charge is -2.50. The van der Waals surface area contributed by atoms with Gasteiger partial charge in [0.05, 0.1) is 18.8 Å². The van der Waals surface area contributed by atoms with Crippen LogP contribution in [0.25, 0.3) is 0 Å². The zero-order chi connectivity index (χ0) is 36.2. The second-order valence-corrected chi connectivity index (χ2v) is 23.9. The number of methoxy groups -OCH3 is 1. The van der Waals surface area contributed by atoms with E-state index in [-0.39, 0.29) is 16.7 Å². The first-order valence-corrected chi connectivity index (χ1v) is 21.3. The van der Waals surface area contributed by atoms with E-state index in [9.17, 15) is 9.59 Å². The Labute approximate surface area is 300 Å². The summed E-state index contributed by atoms with van der Waals surface area (Å²) in [7, 11) is -4.49. The van der Waals surface area contributed by atoms with E-state index in [1.54, 1.807) is 7.11 Å². The summed E-state index contributed by atoms with van der Waals surface area (Å²) in [5.41, 5.74) is 0. The zero-order valence-electron chi connectivity index (χ0n) is 30.7. The molecule has 1 aliphatic rings. The van der Waals surface area contributed by atoms with Gasteiger partial charge in [0, 0.05) is 20.5 Å². The van der Waals surface area contributed by atoms with E-state index in [2.05, 4.69) is 139 Å². The number of ketones is 2. The Morgan fingerprint density at radius 3 is 1.36 bits per heavy atom. The number of hydrogen-bond acceptors (Lipinski definition) is 6. The Kier molecular flexibility index (Phi) is 11.6. The highest BCUT2D eigenvalue weighted by Gasteiger charge is 2.56. The largest absolute Gasteiger partial charge is 0.405 e. The standard InChI is InChI=1S/C42H52O6Si2/c1-31(43)39(44)40-37(45-8)29-36(48-50(42(5,6)7,34-25-17-11-18-26-34)35-27-19-12-20-28-35)38(47-40)30-46-49(41(2,3)4,32-21-13-9-14-22-32)33-23-15-10-16-24-33/h9-28,36-38,40H,29-30H2,1-8H3/t36-,37+,38+,40-/m0/s1. The zero-order valence-corrected chi connectivity index (χ0v) is 32.7. The maximum absolute atomic E-state index is 13.4. The summed E-state index contributed by atoms with van der Waals surface area (Å²) in [6.45, 7) is 14.9. The third kappa shape index (κ3) is 7.28. The molecule has 0 radical (unpaired) electrons. The Balaban J connectivity index is 1.66. The van der Waals surface area contributed by atoms with Crippen LogP contribution >= 0.6 is 0 Å². The summed E-state index contributed by atoms with van der Waals surface area (Å²) in [6.07, 6.45) is -2.55. The van der Waals surface area contributed by atoms with Crippen molar-refractivity contribution < 1.29 is 27.9 Å². The molecule has 264 valence electrons. The van der Waals surface area contributed by atoms with Gasteiger partial charge in [0.1, 0.15) is 6.10 Å². The Morgan fingerprint density at radius 2 is 1.02 bits per heavy atom. The smallest absolute Gasteiger partial charge is 0.261 e. The van der Waals surface area contributed by atoms with Crippen molar-refractivity contribution in [2.75, 3.05) is 13.7 Å². The first-order valence-electron chi connectivity index (χ1n) is 17.5. The van der Waals surface area contributed by atoms with E-state index in [0.29, 0.717) is 6.42 Å². The Bertz CT molecular complexity index is 1620. The average molecular weight is 709 g/mol. The minimum atomic E-state index is -3.06. The minimum Gasteiger partial charge on any atom is -0.405 e. The topological polar surface area (TPSA) is 71.1 Å². The van der Waals surface area contributed by atoms with E-state index in [1.807, 2.05) is 24.3 Å². The van der Waals surface area contributed by atoms with Crippen molar-refractivity contribution in [2.45, 2.75) is 89.4 Å². The summed E-state index contributed by atoms with van der Waals surface area (Å²) in [5, 5.41) is 3.99. The molecule has 0 aliphatic carbocycles. The van der Waals surface area contributed by atoms with Crippen LogP contribution in [0.2, 0.25) is 10.1 Å². The van der Waals surface area contributed by atoms with Gasteiger partial charge >= 0.3 is 0 Å². The fourth-order valence-corrected chi connectivity index (χ4v) is 17.0. The van der Waals surface area contributed by atoms with Gasteiger partial charge in [-0.15, -0.1) is 0 Å². The molecule has 1 fully saturated rings. The molecule has 0 saturated carbocycles. The predicted molar refractivity (Wildman–Crippen MR) is 206 cm³/mol. The number of carbonyl (C=O) groups is 2.